The summed E-state index contributed by atoms with van der Waals surface area (Å²) in [5, 5.41) is 12.9. The molecule has 0 fully saturated rings. The van der Waals surface area contributed by atoms with Gasteiger partial charge in [0, 0.05) is 36.3 Å². The van der Waals surface area contributed by atoms with Gasteiger partial charge in [0.05, 0.1) is 5.69 Å². The molecule has 5 nitrogen and oxygen atoms in total. The standard InChI is InChI=1S/C23H24F3N3O2/c1-2-15-7-3-4-9-18(15)29-13-11-17-21(29)16-8-5-10-19(31-23(24,25)26)20(16)28-22(17)27-12-6-14-30/h3-5,7-10,30H,2,6,11-14H2,1H3,(H,27,28). The van der Waals surface area contributed by atoms with E-state index < -0.39 is 6.36 Å². The first-order valence-corrected chi connectivity index (χ1v) is 10.3. The third-order valence-electron chi connectivity index (χ3n) is 5.42. The molecule has 8 heteroatoms. The normalized spacial score (nSPS) is 13.5. The van der Waals surface area contributed by atoms with Gasteiger partial charge in [-0.1, -0.05) is 37.3 Å². The lowest BCUT2D eigenvalue weighted by atomic mass is 10.1. The maximum atomic E-state index is 13.0. The van der Waals surface area contributed by atoms with Crippen molar-refractivity contribution in [2.75, 3.05) is 29.9 Å². The SMILES string of the molecule is CCc1ccccc1N1CCc2c(NCCCO)nc3c(OC(F)(F)F)cccc3c21. The number of hydrogen-bond donors (Lipinski definition) is 2. The maximum Gasteiger partial charge on any atom is 0.573 e. The highest BCUT2D eigenvalue weighted by Crippen LogP contribution is 2.45. The van der Waals surface area contributed by atoms with E-state index in [1.807, 2.05) is 18.2 Å². The van der Waals surface area contributed by atoms with Crippen LogP contribution in [0.4, 0.5) is 30.4 Å². The van der Waals surface area contributed by atoms with Crippen molar-refractivity contribution in [3.05, 3.63) is 53.6 Å². The first kappa shape index (κ1) is 21.2. The number of pyridine rings is 1. The van der Waals surface area contributed by atoms with Crippen molar-refractivity contribution in [2.45, 2.75) is 32.5 Å². The second-order valence-electron chi connectivity index (χ2n) is 7.38. The predicted octanol–water partition coefficient (Wildman–Crippen LogP) is 5.18. The molecule has 1 aliphatic heterocycles. The number of rotatable bonds is 7. The van der Waals surface area contributed by atoms with Gasteiger partial charge in [0.1, 0.15) is 11.3 Å². The number of benzene rings is 2. The third kappa shape index (κ3) is 4.25. The Labute approximate surface area is 178 Å². The third-order valence-corrected chi connectivity index (χ3v) is 5.42. The highest BCUT2D eigenvalue weighted by atomic mass is 19.4. The molecule has 1 aliphatic rings. The van der Waals surface area contributed by atoms with E-state index in [2.05, 4.69) is 32.9 Å². The first-order chi connectivity index (χ1) is 14.9. The van der Waals surface area contributed by atoms with E-state index in [1.165, 1.54) is 6.07 Å². The minimum absolute atomic E-state index is 0.0151. The molecule has 0 amide bonds. The van der Waals surface area contributed by atoms with Gasteiger partial charge < -0.3 is 20.1 Å². The largest absolute Gasteiger partial charge is 0.573 e. The van der Waals surface area contributed by atoms with Gasteiger partial charge in [-0.15, -0.1) is 13.2 Å². The zero-order valence-electron chi connectivity index (χ0n) is 17.2. The van der Waals surface area contributed by atoms with Crippen LogP contribution in [0, 0.1) is 0 Å². The molecular weight excluding hydrogens is 407 g/mol. The van der Waals surface area contributed by atoms with Gasteiger partial charge in [-0.05, 0) is 37.0 Å². The number of alkyl halides is 3. The summed E-state index contributed by atoms with van der Waals surface area (Å²) in [6.45, 7) is 3.26. The van der Waals surface area contributed by atoms with Crippen LogP contribution in [-0.4, -0.2) is 36.1 Å². The smallest absolute Gasteiger partial charge is 0.403 e. The Hall–Kier alpha value is -3.00. The van der Waals surface area contributed by atoms with Crippen LogP contribution >= 0.6 is 0 Å². The van der Waals surface area contributed by atoms with Crippen molar-refractivity contribution in [1.29, 1.82) is 0 Å². The lowest BCUT2D eigenvalue weighted by Crippen LogP contribution is -2.18. The van der Waals surface area contributed by atoms with Crippen LogP contribution in [0.25, 0.3) is 10.9 Å². The van der Waals surface area contributed by atoms with Crippen molar-refractivity contribution in [1.82, 2.24) is 4.98 Å². The second-order valence-corrected chi connectivity index (χ2v) is 7.38. The topological polar surface area (TPSA) is 57.6 Å². The number of aryl methyl sites for hydroxylation is 1. The number of nitrogens with zero attached hydrogens (tertiary/aromatic N) is 2. The Morgan fingerprint density at radius 1 is 1.16 bits per heavy atom. The molecule has 0 bridgehead atoms. The van der Waals surface area contributed by atoms with Crippen LogP contribution < -0.4 is 15.0 Å². The number of aliphatic hydroxyl groups excluding tert-OH is 1. The minimum Gasteiger partial charge on any atom is -0.403 e. The first-order valence-electron chi connectivity index (χ1n) is 10.3. The number of aromatic nitrogens is 1. The summed E-state index contributed by atoms with van der Waals surface area (Å²) >= 11 is 0. The van der Waals surface area contributed by atoms with Gasteiger partial charge in [0.25, 0.3) is 0 Å². The monoisotopic (exact) mass is 431 g/mol. The van der Waals surface area contributed by atoms with Crippen LogP contribution in [0.15, 0.2) is 42.5 Å². The number of ether oxygens (including phenoxy) is 1. The molecule has 0 unspecified atom stereocenters. The molecule has 2 heterocycles. The molecule has 1 aromatic heterocycles. The van der Waals surface area contributed by atoms with E-state index in [1.54, 1.807) is 12.1 Å². The van der Waals surface area contributed by atoms with Gasteiger partial charge in [-0.2, -0.15) is 0 Å². The Balaban J connectivity index is 1.92. The summed E-state index contributed by atoms with van der Waals surface area (Å²) in [7, 11) is 0. The number of hydrogen-bond acceptors (Lipinski definition) is 5. The maximum absolute atomic E-state index is 13.0. The van der Waals surface area contributed by atoms with E-state index in [-0.39, 0.29) is 17.9 Å². The second kappa shape index (κ2) is 8.63. The Kier molecular flexibility index (Phi) is 5.91. The average Bonchev–Trinajstić information content (AvgIpc) is 3.19. The van der Waals surface area contributed by atoms with Crippen molar-refractivity contribution in [2.24, 2.45) is 0 Å². The summed E-state index contributed by atoms with van der Waals surface area (Å²) in [5.74, 6) is 0.208. The van der Waals surface area contributed by atoms with E-state index in [4.69, 9.17) is 5.11 Å². The number of anilines is 3. The summed E-state index contributed by atoms with van der Waals surface area (Å²) in [5.41, 5.74) is 4.17. The van der Waals surface area contributed by atoms with Gasteiger partial charge in [-0.3, -0.25) is 0 Å². The van der Waals surface area contributed by atoms with E-state index in [9.17, 15) is 13.2 Å². The number of halogens is 3. The predicted molar refractivity (Wildman–Crippen MR) is 115 cm³/mol. The van der Waals surface area contributed by atoms with Gasteiger partial charge in [-0.25, -0.2) is 4.98 Å². The number of nitrogens with one attached hydrogen (secondary N) is 1. The summed E-state index contributed by atoms with van der Waals surface area (Å²) in [4.78, 5) is 6.69. The zero-order valence-corrected chi connectivity index (χ0v) is 17.2. The van der Waals surface area contributed by atoms with Crippen LogP contribution in [0.1, 0.15) is 24.5 Å². The van der Waals surface area contributed by atoms with E-state index >= 15 is 0 Å². The van der Waals surface area contributed by atoms with E-state index in [0.717, 1.165) is 28.9 Å². The lowest BCUT2D eigenvalue weighted by Gasteiger charge is -2.25. The fraction of sp³-hybridized carbons (Fsp3) is 0.348. The molecule has 0 saturated heterocycles. The molecule has 0 aliphatic carbocycles. The Morgan fingerprint density at radius 3 is 2.71 bits per heavy atom. The van der Waals surface area contributed by atoms with Crippen LogP contribution in [0.3, 0.4) is 0 Å². The summed E-state index contributed by atoms with van der Waals surface area (Å²) in [6.07, 6.45) is -2.75. The van der Waals surface area contributed by atoms with Crippen LogP contribution in [0.2, 0.25) is 0 Å². The van der Waals surface area contributed by atoms with Crippen molar-refractivity contribution in [3.8, 4) is 5.75 Å². The molecule has 0 spiro atoms. The molecular formula is C23H24F3N3O2. The summed E-state index contributed by atoms with van der Waals surface area (Å²) in [6, 6.07) is 12.7. The van der Waals surface area contributed by atoms with Gasteiger partial charge >= 0.3 is 6.36 Å². The molecule has 0 radical (unpaired) electrons. The Morgan fingerprint density at radius 2 is 1.97 bits per heavy atom. The number of aliphatic hydroxyl groups is 1. The van der Waals surface area contributed by atoms with Crippen molar-refractivity contribution < 1.29 is 23.0 Å². The van der Waals surface area contributed by atoms with E-state index in [0.29, 0.717) is 37.1 Å². The molecule has 2 aromatic carbocycles. The molecule has 0 saturated carbocycles. The van der Waals surface area contributed by atoms with Crippen LogP contribution in [0.5, 0.6) is 5.75 Å². The Bertz CT molecular complexity index is 1090. The highest BCUT2D eigenvalue weighted by molar-refractivity contribution is 6.02. The fourth-order valence-corrected chi connectivity index (χ4v) is 4.12. The van der Waals surface area contributed by atoms with Gasteiger partial charge in [0.15, 0.2) is 5.75 Å². The zero-order chi connectivity index (χ0) is 22.0. The molecule has 2 N–H and O–H groups in total. The lowest BCUT2D eigenvalue weighted by molar-refractivity contribution is -0.274. The van der Waals surface area contributed by atoms with Crippen LogP contribution in [-0.2, 0) is 12.8 Å². The quantitative estimate of drug-likeness (QED) is 0.505. The highest BCUT2D eigenvalue weighted by Gasteiger charge is 2.34. The minimum atomic E-state index is -4.81. The number of para-hydroxylation sites is 2. The van der Waals surface area contributed by atoms with Crippen molar-refractivity contribution in [3.63, 3.8) is 0 Å². The van der Waals surface area contributed by atoms with Crippen molar-refractivity contribution >= 4 is 28.1 Å². The molecule has 164 valence electrons. The molecule has 3 aromatic rings. The molecule has 4 rings (SSSR count). The van der Waals surface area contributed by atoms with Gasteiger partial charge in [0.2, 0.25) is 0 Å². The fourth-order valence-electron chi connectivity index (χ4n) is 4.12. The average molecular weight is 431 g/mol. The molecule has 31 heavy (non-hydrogen) atoms. The summed E-state index contributed by atoms with van der Waals surface area (Å²) < 4.78 is 43.4. The number of fused-ring (bicyclic) bond motifs is 3. The molecule has 0 atom stereocenters.